The van der Waals surface area contributed by atoms with Crippen LogP contribution in [0.3, 0.4) is 0 Å². The van der Waals surface area contributed by atoms with Gasteiger partial charge >= 0.3 is 34.5 Å². The van der Waals surface area contributed by atoms with Crippen LogP contribution in [0.5, 0.6) is 0 Å². The Bertz CT molecular complexity index is 2260. The van der Waals surface area contributed by atoms with Gasteiger partial charge in [0.2, 0.25) is 19.2 Å². The number of nitrogens with two attached hydrogens (primary N) is 4. The average molecular weight is 891 g/mol. The van der Waals surface area contributed by atoms with Gasteiger partial charge in [0, 0.05) is 28.2 Å². The van der Waals surface area contributed by atoms with Gasteiger partial charge in [-0.2, -0.15) is 20.4 Å². The van der Waals surface area contributed by atoms with Gasteiger partial charge in [0.05, 0.1) is 40.9 Å². The molecule has 4 aromatic carbocycles. The Balaban J connectivity index is 0.000000148. The Kier molecular flexibility index (Phi) is 15.3. The van der Waals surface area contributed by atoms with Crippen molar-refractivity contribution in [1.29, 1.82) is 0 Å². The topological polar surface area (TPSA) is 173 Å². The van der Waals surface area contributed by atoms with Crippen LogP contribution in [0.1, 0.15) is 0 Å². The molecule has 0 radical (unpaired) electrons. The third kappa shape index (κ3) is 9.68. The summed E-state index contributed by atoms with van der Waals surface area (Å²) in [5, 5.41) is 14.8. The molecule has 51 heavy (non-hydrogen) atoms. The molecule has 8 rings (SSSR count). The number of nitrogens with zero attached hydrogens (tertiary/aromatic N) is 8. The van der Waals surface area contributed by atoms with E-state index in [4.69, 9.17) is 42.8 Å². The van der Waals surface area contributed by atoms with Gasteiger partial charge in [-0.15, -0.1) is 0 Å². The summed E-state index contributed by atoms with van der Waals surface area (Å²) in [4.78, 5) is 3.37. The molecule has 0 amide bonds. The van der Waals surface area contributed by atoms with Gasteiger partial charge in [0.15, 0.2) is 0 Å². The van der Waals surface area contributed by atoms with Gasteiger partial charge in [0.25, 0.3) is 0 Å². The second-order valence-corrected chi connectivity index (χ2v) is 16.7. The van der Waals surface area contributed by atoms with Crippen molar-refractivity contribution in [3.8, 4) is 0 Å². The summed E-state index contributed by atoms with van der Waals surface area (Å²) in [5.74, 6) is 20.9. The molecule has 0 bridgehead atoms. The third-order valence-corrected chi connectivity index (χ3v) is 11.8. The molecular formula is C32H36Cl2N12RhS4. The fourth-order valence-corrected chi connectivity index (χ4v) is 8.58. The molecule has 0 aliphatic carbocycles. The molecule has 8 aromatic rings. The van der Waals surface area contributed by atoms with Crippen molar-refractivity contribution in [2.75, 3.05) is 0 Å². The molecule has 271 valence electrons. The normalized spacial score (nSPS) is 12.3. The van der Waals surface area contributed by atoms with Crippen LogP contribution in [0.15, 0.2) is 117 Å². The van der Waals surface area contributed by atoms with Crippen molar-refractivity contribution in [1.82, 2.24) is 18.3 Å². The molecule has 0 aliphatic rings. The van der Waals surface area contributed by atoms with Crippen molar-refractivity contribution in [2.24, 2.45) is 72.0 Å². The molecule has 8 N–H and O–H groups in total. The van der Waals surface area contributed by atoms with Crippen LogP contribution in [0.2, 0.25) is 0 Å². The van der Waals surface area contributed by atoms with Crippen LogP contribution < -0.4 is 42.6 Å². The zero-order valence-corrected chi connectivity index (χ0v) is 34.3. The summed E-state index contributed by atoms with van der Waals surface area (Å²) in [6.45, 7) is 0. The molecule has 0 spiro atoms. The maximum absolute atomic E-state index is 5.23. The first-order valence-corrected chi connectivity index (χ1v) is 22.2. The maximum atomic E-state index is 5.23. The van der Waals surface area contributed by atoms with Gasteiger partial charge in [-0.1, -0.05) is 93.9 Å². The predicted octanol–water partition coefficient (Wildman–Crippen LogP) is 5.43. The van der Waals surface area contributed by atoms with Gasteiger partial charge in [-0.05, 0) is 48.5 Å². The number of aryl methyl sites for hydroxylation is 4. The third-order valence-electron chi connectivity index (χ3n) is 7.30. The number of halogens is 2. The molecule has 0 unspecified atom stereocenters. The molecule has 0 fully saturated rings. The van der Waals surface area contributed by atoms with E-state index in [1.807, 2.05) is 95.0 Å². The number of hydrogen-bond acceptors (Lipinski definition) is 12. The first kappa shape index (κ1) is 39.8. The van der Waals surface area contributed by atoms with E-state index in [1.165, 1.54) is 40.9 Å². The van der Waals surface area contributed by atoms with Crippen molar-refractivity contribution in [2.45, 2.75) is 0 Å². The van der Waals surface area contributed by atoms with E-state index in [9.17, 15) is 0 Å². The minimum atomic E-state index is -0.226. The second-order valence-electron chi connectivity index (χ2n) is 10.2. The van der Waals surface area contributed by atoms with Gasteiger partial charge in [-0.3, -0.25) is 0 Å². The van der Waals surface area contributed by atoms with E-state index < -0.39 is 0 Å². The van der Waals surface area contributed by atoms with E-state index in [0.717, 1.165) is 19.2 Å². The molecule has 0 atom stereocenters. The summed E-state index contributed by atoms with van der Waals surface area (Å²) in [6, 6.07) is 32.6. The predicted molar refractivity (Wildman–Crippen MR) is 214 cm³/mol. The molecule has 0 aliphatic heterocycles. The molecule has 19 heteroatoms. The molecular weight excluding hydrogens is 855 g/mol. The second kappa shape index (κ2) is 19.6. The number of aromatic nitrogens is 4. The quantitative estimate of drug-likeness (QED) is 0.0904. The van der Waals surface area contributed by atoms with E-state index in [-0.39, 0.29) is 15.1 Å². The van der Waals surface area contributed by atoms with Crippen molar-refractivity contribution in [3.05, 3.63) is 116 Å². The van der Waals surface area contributed by atoms with Crippen molar-refractivity contribution in [3.63, 3.8) is 0 Å². The number of thiazole rings is 4. The van der Waals surface area contributed by atoms with Crippen LogP contribution in [0.4, 0.5) is 0 Å². The van der Waals surface area contributed by atoms with Crippen LogP contribution in [0.25, 0.3) is 40.9 Å². The Morgan fingerprint density at radius 1 is 0.412 bits per heavy atom. The van der Waals surface area contributed by atoms with E-state index >= 15 is 0 Å². The standard InChI is InChI=1S/4C8H9N3S.2ClH.Rh/c4*1-11-6-4-2-3-5-7(6)12-8(11)10-9;;;/h4*2-5H,9H2,1H3;2*1H;/q;;;;;;+2/p-2. The summed E-state index contributed by atoms with van der Waals surface area (Å²) in [6.07, 6.45) is 0. The van der Waals surface area contributed by atoms with E-state index in [1.54, 1.807) is 45.3 Å². The first-order chi connectivity index (χ1) is 24.7. The number of fused-ring (bicyclic) bond motifs is 4. The van der Waals surface area contributed by atoms with Crippen LogP contribution >= 0.6 is 64.7 Å². The summed E-state index contributed by atoms with van der Waals surface area (Å²) in [5.41, 5.74) is 4.69. The minimum absolute atomic E-state index is 0.226. The zero-order chi connectivity index (χ0) is 36.9. The number of hydrogen-bond donors (Lipinski definition) is 4. The zero-order valence-electron chi connectivity index (χ0n) is 27.8. The van der Waals surface area contributed by atoms with Crippen LogP contribution in [-0.2, 0) is 43.3 Å². The summed E-state index contributed by atoms with van der Waals surface area (Å²) in [7, 11) is 17.5. The van der Waals surface area contributed by atoms with Crippen molar-refractivity contribution >= 4 is 106 Å². The number of benzene rings is 4. The Morgan fingerprint density at radius 3 is 0.745 bits per heavy atom. The molecule has 0 saturated carbocycles. The average Bonchev–Trinajstić information content (AvgIpc) is 3.89. The molecule has 4 aromatic heterocycles. The molecule has 12 nitrogen and oxygen atoms in total. The molecule has 0 saturated heterocycles. The Hall–Kier alpha value is -3.96. The molecule has 4 heterocycles. The number of para-hydroxylation sites is 4. The SMILES string of the molecule is Cn1c(=NN)sc2ccccc21.Cn1c(=NN)sc2ccccc21.Cn1c(=NN)sc2ccccc21.Cn1c(=NN)sc2ccccc21.[Cl][Rh][Cl]. The number of rotatable bonds is 0. The van der Waals surface area contributed by atoms with Gasteiger partial charge in [-0.25, -0.2) is 0 Å². The van der Waals surface area contributed by atoms with Crippen LogP contribution in [0, 0.1) is 0 Å². The summed E-state index contributed by atoms with van der Waals surface area (Å²) < 4.78 is 12.8. The van der Waals surface area contributed by atoms with Gasteiger partial charge < -0.3 is 41.6 Å². The Labute approximate surface area is 324 Å². The fourth-order valence-electron chi connectivity index (χ4n) is 4.81. The summed E-state index contributed by atoms with van der Waals surface area (Å²) >= 11 is 6.16. The monoisotopic (exact) mass is 889 g/mol. The van der Waals surface area contributed by atoms with Gasteiger partial charge in [0.1, 0.15) is 0 Å². The van der Waals surface area contributed by atoms with Crippen LogP contribution in [-0.4, -0.2) is 18.3 Å². The van der Waals surface area contributed by atoms with E-state index in [0.29, 0.717) is 0 Å². The first-order valence-electron chi connectivity index (χ1n) is 14.7. The fraction of sp³-hybridized carbons (Fsp3) is 0.125. The van der Waals surface area contributed by atoms with Crippen molar-refractivity contribution < 1.29 is 15.1 Å². The Morgan fingerprint density at radius 2 is 0.588 bits per heavy atom. The van der Waals surface area contributed by atoms with E-state index in [2.05, 4.69) is 68.9 Å².